The van der Waals surface area contributed by atoms with Gasteiger partial charge in [-0.2, -0.15) is 0 Å². The van der Waals surface area contributed by atoms with Crippen molar-refractivity contribution < 1.29 is 9.84 Å². The number of nitrogens with one attached hydrogen (secondary N) is 1. The third kappa shape index (κ3) is 4.80. The molecule has 25 heavy (non-hydrogen) atoms. The van der Waals surface area contributed by atoms with E-state index in [2.05, 4.69) is 9.98 Å². The van der Waals surface area contributed by atoms with Crippen molar-refractivity contribution in [2.45, 2.75) is 6.54 Å². The maximum atomic E-state index is 12.0. The highest BCUT2D eigenvalue weighted by Gasteiger charge is 2.13. The summed E-state index contributed by atoms with van der Waals surface area (Å²) in [6, 6.07) is 7.07. The fraction of sp³-hybridized carbons (Fsp3) is 0.353. The fourth-order valence-corrected chi connectivity index (χ4v) is 2.17. The molecule has 0 aliphatic carbocycles. The minimum atomic E-state index is -0.677. The molecule has 0 radical (unpaired) electrons. The number of aromatic nitrogens is 2. The number of rotatable bonds is 7. The molecule has 1 heterocycles. The van der Waals surface area contributed by atoms with Crippen molar-refractivity contribution in [1.29, 1.82) is 0 Å². The first-order valence-corrected chi connectivity index (χ1v) is 7.76. The van der Waals surface area contributed by atoms with Gasteiger partial charge < -0.3 is 14.7 Å². The van der Waals surface area contributed by atoms with Crippen LogP contribution in [0, 0.1) is 0 Å². The zero-order valence-corrected chi connectivity index (χ0v) is 14.5. The van der Waals surface area contributed by atoms with Gasteiger partial charge in [-0.05, 0) is 31.8 Å². The predicted molar refractivity (Wildman–Crippen MR) is 96.1 cm³/mol. The van der Waals surface area contributed by atoms with E-state index in [0.29, 0.717) is 18.8 Å². The van der Waals surface area contributed by atoms with Crippen molar-refractivity contribution in [2.24, 2.45) is 4.99 Å². The third-order valence-corrected chi connectivity index (χ3v) is 3.60. The van der Waals surface area contributed by atoms with Crippen LogP contribution in [0.3, 0.4) is 0 Å². The lowest BCUT2D eigenvalue weighted by Crippen LogP contribution is -2.32. The molecule has 0 unspecified atom stereocenters. The molecular weight excluding hydrogens is 324 g/mol. The number of aliphatic imine (C=N–C) groups is 1. The maximum absolute atomic E-state index is 12.0. The van der Waals surface area contributed by atoms with Gasteiger partial charge in [-0.3, -0.25) is 19.3 Å². The molecule has 1 aromatic heterocycles. The predicted octanol–water partition coefficient (Wildman–Crippen LogP) is 0.280. The standard InChI is InChI=1S/C17H22N4O4/c1-20(2)9-8-18-10-14-15(22)19-17(24)21(16(14)23)11-12-4-6-13(25-3)7-5-12/h4-7,10,23H,8-9,11H2,1-3H3,(H,19,22,24). The van der Waals surface area contributed by atoms with Crippen LogP contribution in [0.1, 0.15) is 11.1 Å². The Morgan fingerprint density at radius 2 is 1.96 bits per heavy atom. The number of likely N-dealkylation sites (N-methyl/N-ethyl adjacent to an activating group) is 1. The van der Waals surface area contributed by atoms with Gasteiger partial charge in [-0.25, -0.2) is 4.79 Å². The molecular formula is C17H22N4O4. The zero-order chi connectivity index (χ0) is 18.4. The smallest absolute Gasteiger partial charge is 0.331 e. The lowest BCUT2D eigenvalue weighted by molar-refractivity contribution is 0.407. The highest BCUT2D eigenvalue weighted by atomic mass is 16.5. The molecule has 8 heteroatoms. The van der Waals surface area contributed by atoms with Gasteiger partial charge in [0, 0.05) is 12.8 Å². The number of ether oxygens (including phenoxy) is 1. The molecule has 8 nitrogen and oxygen atoms in total. The van der Waals surface area contributed by atoms with E-state index in [1.165, 1.54) is 6.21 Å². The summed E-state index contributed by atoms with van der Waals surface area (Å²) in [7, 11) is 5.39. The van der Waals surface area contributed by atoms with Gasteiger partial charge in [0.25, 0.3) is 5.56 Å². The molecule has 2 N–H and O–H groups in total. The van der Waals surface area contributed by atoms with Crippen molar-refractivity contribution in [3.63, 3.8) is 0 Å². The summed E-state index contributed by atoms with van der Waals surface area (Å²) in [5.41, 5.74) is -0.599. The molecule has 0 amide bonds. The van der Waals surface area contributed by atoms with E-state index in [-0.39, 0.29) is 12.1 Å². The molecule has 0 spiro atoms. The summed E-state index contributed by atoms with van der Waals surface area (Å²) in [5.74, 6) is 0.286. The van der Waals surface area contributed by atoms with Gasteiger partial charge in [-0.15, -0.1) is 0 Å². The van der Waals surface area contributed by atoms with Crippen LogP contribution in [0.15, 0.2) is 38.8 Å². The van der Waals surface area contributed by atoms with Gasteiger partial charge >= 0.3 is 5.69 Å². The highest BCUT2D eigenvalue weighted by Crippen LogP contribution is 2.14. The number of methoxy groups -OCH3 is 1. The monoisotopic (exact) mass is 346 g/mol. The number of H-pyrrole nitrogens is 1. The Kier molecular flexibility index (Phi) is 6.13. The van der Waals surface area contributed by atoms with Crippen molar-refractivity contribution in [3.05, 3.63) is 56.2 Å². The Morgan fingerprint density at radius 1 is 1.28 bits per heavy atom. The summed E-state index contributed by atoms with van der Waals surface area (Å²) in [6.45, 7) is 1.30. The Morgan fingerprint density at radius 3 is 2.56 bits per heavy atom. The van der Waals surface area contributed by atoms with E-state index in [0.717, 1.165) is 10.1 Å². The molecule has 0 atom stereocenters. The fourth-order valence-electron chi connectivity index (χ4n) is 2.17. The summed E-state index contributed by atoms with van der Waals surface area (Å²) < 4.78 is 6.18. The first-order chi connectivity index (χ1) is 11.9. The number of hydrogen-bond donors (Lipinski definition) is 2. The Labute approximate surface area is 145 Å². The molecule has 2 rings (SSSR count). The molecule has 0 aliphatic heterocycles. The van der Waals surface area contributed by atoms with E-state index in [1.54, 1.807) is 31.4 Å². The van der Waals surface area contributed by atoms with Crippen LogP contribution in [-0.4, -0.2) is 60.1 Å². The second kappa shape index (κ2) is 8.29. The van der Waals surface area contributed by atoms with Gasteiger partial charge in [-0.1, -0.05) is 12.1 Å². The molecule has 0 aliphatic rings. The van der Waals surface area contributed by atoms with E-state index in [9.17, 15) is 14.7 Å². The Hall–Kier alpha value is -2.87. The minimum absolute atomic E-state index is 0.0353. The van der Waals surface area contributed by atoms with Gasteiger partial charge in [0.05, 0.1) is 20.2 Å². The Balaban J connectivity index is 2.30. The van der Waals surface area contributed by atoms with Crippen molar-refractivity contribution in [1.82, 2.24) is 14.5 Å². The minimum Gasteiger partial charge on any atom is -0.497 e. The number of hydrogen-bond acceptors (Lipinski definition) is 6. The van der Waals surface area contributed by atoms with E-state index in [4.69, 9.17) is 4.74 Å². The number of aromatic hydroxyl groups is 1. The second-order valence-corrected chi connectivity index (χ2v) is 5.77. The molecule has 134 valence electrons. The van der Waals surface area contributed by atoms with Gasteiger partial charge in [0.15, 0.2) is 0 Å². The lowest BCUT2D eigenvalue weighted by atomic mass is 10.2. The van der Waals surface area contributed by atoms with Crippen LogP contribution < -0.4 is 16.0 Å². The van der Waals surface area contributed by atoms with Crippen LogP contribution in [0.5, 0.6) is 11.6 Å². The summed E-state index contributed by atoms with van der Waals surface area (Å²) in [5, 5.41) is 10.3. The van der Waals surface area contributed by atoms with Gasteiger partial charge in [0.1, 0.15) is 11.3 Å². The molecule has 2 aromatic rings. The van der Waals surface area contributed by atoms with Crippen LogP contribution >= 0.6 is 0 Å². The lowest BCUT2D eigenvalue weighted by Gasteiger charge is -2.10. The summed E-state index contributed by atoms with van der Waals surface area (Å²) in [6.07, 6.45) is 1.29. The number of benzene rings is 1. The SMILES string of the molecule is COc1ccc(Cn2c(O)c(C=NCCN(C)C)c(=O)[nH]c2=O)cc1. The molecule has 0 fully saturated rings. The number of aromatic amines is 1. The quantitative estimate of drug-likeness (QED) is 0.702. The third-order valence-electron chi connectivity index (χ3n) is 3.60. The van der Waals surface area contributed by atoms with Crippen molar-refractivity contribution in [3.8, 4) is 11.6 Å². The molecule has 0 bridgehead atoms. The number of nitrogens with zero attached hydrogens (tertiary/aromatic N) is 3. The zero-order valence-electron chi connectivity index (χ0n) is 14.5. The van der Waals surface area contributed by atoms with Crippen molar-refractivity contribution in [2.75, 3.05) is 34.3 Å². The van der Waals surface area contributed by atoms with Gasteiger partial charge in [0.2, 0.25) is 5.88 Å². The van der Waals surface area contributed by atoms with E-state index < -0.39 is 17.1 Å². The largest absolute Gasteiger partial charge is 0.497 e. The van der Waals surface area contributed by atoms with E-state index in [1.807, 2.05) is 19.0 Å². The average Bonchev–Trinajstić information content (AvgIpc) is 2.58. The molecule has 0 saturated carbocycles. The maximum Gasteiger partial charge on any atom is 0.331 e. The van der Waals surface area contributed by atoms with Crippen molar-refractivity contribution >= 4 is 6.21 Å². The second-order valence-electron chi connectivity index (χ2n) is 5.77. The molecule has 1 aromatic carbocycles. The first-order valence-electron chi connectivity index (χ1n) is 7.76. The molecule has 0 saturated heterocycles. The Bertz CT molecular complexity index is 850. The highest BCUT2D eigenvalue weighted by molar-refractivity contribution is 5.81. The summed E-state index contributed by atoms with van der Waals surface area (Å²) >= 11 is 0. The topological polar surface area (TPSA) is 99.9 Å². The van der Waals surface area contributed by atoms with Crippen LogP contribution in [-0.2, 0) is 6.54 Å². The van der Waals surface area contributed by atoms with Crippen LogP contribution in [0.25, 0.3) is 0 Å². The normalized spacial score (nSPS) is 11.4. The van der Waals surface area contributed by atoms with E-state index >= 15 is 0 Å². The average molecular weight is 346 g/mol. The van der Waals surface area contributed by atoms with Crippen LogP contribution in [0.4, 0.5) is 0 Å². The first kappa shape index (κ1) is 18.5. The van der Waals surface area contributed by atoms with Crippen LogP contribution in [0.2, 0.25) is 0 Å². The summed E-state index contributed by atoms with van der Waals surface area (Å²) in [4.78, 5) is 32.2.